The average molecular weight is 402 g/mol. The molecule has 0 saturated carbocycles. The average Bonchev–Trinajstić information content (AvgIpc) is 3.22. The molecule has 0 unspecified atom stereocenters. The van der Waals surface area contributed by atoms with Crippen LogP contribution >= 0.6 is 11.3 Å². The maximum absolute atomic E-state index is 12.6. The van der Waals surface area contributed by atoms with E-state index in [2.05, 4.69) is 10.0 Å². The Hall–Kier alpha value is -2.84. The largest absolute Gasteiger partial charge is 0.497 e. The molecule has 0 aliphatic heterocycles. The highest BCUT2D eigenvalue weighted by Crippen LogP contribution is 2.23. The van der Waals surface area contributed by atoms with Crippen molar-refractivity contribution >= 4 is 33.0 Å². The van der Waals surface area contributed by atoms with Crippen molar-refractivity contribution in [2.45, 2.75) is 10.8 Å². The number of methoxy groups -OCH3 is 1. The maximum atomic E-state index is 12.6. The minimum atomic E-state index is -3.73. The quantitative estimate of drug-likeness (QED) is 0.634. The predicted molar refractivity (Wildman–Crippen MR) is 106 cm³/mol. The molecular formula is C19H18N2O4S2. The first-order valence-electron chi connectivity index (χ1n) is 8.06. The summed E-state index contributed by atoms with van der Waals surface area (Å²) in [7, 11) is -2.15. The van der Waals surface area contributed by atoms with Crippen LogP contribution in [0.3, 0.4) is 0 Å². The van der Waals surface area contributed by atoms with Crippen molar-refractivity contribution in [3.63, 3.8) is 0 Å². The number of thiophene rings is 1. The van der Waals surface area contributed by atoms with E-state index in [9.17, 15) is 13.2 Å². The Morgan fingerprint density at radius 1 is 1.07 bits per heavy atom. The van der Waals surface area contributed by atoms with E-state index >= 15 is 0 Å². The molecule has 8 heteroatoms. The minimum absolute atomic E-state index is 0.189. The summed E-state index contributed by atoms with van der Waals surface area (Å²) in [5.74, 6) is 0.327. The summed E-state index contributed by atoms with van der Waals surface area (Å²) in [5.41, 5.74) is 1.36. The Labute approximate surface area is 161 Å². The molecule has 0 radical (unpaired) electrons. The van der Waals surface area contributed by atoms with Gasteiger partial charge in [-0.2, -0.15) is 0 Å². The number of hydrogen-bond acceptors (Lipinski definition) is 5. The van der Waals surface area contributed by atoms with Crippen molar-refractivity contribution in [3.8, 4) is 5.75 Å². The van der Waals surface area contributed by atoms with Gasteiger partial charge in [-0.25, -0.2) is 8.42 Å². The number of carbonyl (C=O) groups excluding carboxylic acids is 1. The minimum Gasteiger partial charge on any atom is -0.497 e. The Morgan fingerprint density at radius 3 is 2.63 bits per heavy atom. The van der Waals surface area contributed by atoms with E-state index in [1.165, 1.54) is 6.07 Å². The topological polar surface area (TPSA) is 84.5 Å². The van der Waals surface area contributed by atoms with Crippen LogP contribution in [-0.2, 0) is 16.6 Å². The van der Waals surface area contributed by atoms with Crippen molar-refractivity contribution in [1.29, 1.82) is 0 Å². The second-order valence-corrected chi connectivity index (χ2v) is 8.47. The molecule has 27 heavy (non-hydrogen) atoms. The summed E-state index contributed by atoms with van der Waals surface area (Å²) in [6.07, 6.45) is 0. The summed E-state index contributed by atoms with van der Waals surface area (Å²) >= 11 is 1.11. The van der Waals surface area contributed by atoms with Crippen LogP contribution in [0.4, 0.5) is 5.69 Å². The van der Waals surface area contributed by atoms with E-state index in [1.807, 2.05) is 24.3 Å². The van der Waals surface area contributed by atoms with Gasteiger partial charge in [0.25, 0.3) is 15.9 Å². The van der Waals surface area contributed by atoms with Gasteiger partial charge < -0.3 is 10.1 Å². The maximum Gasteiger partial charge on any atom is 0.271 e. The lowest BCUT2D eigenvalue weighted by Gasteiger charge is -2.12. The predicted octanol–water partition coefficient (Wildman–Crippen LogP) is 3.49. The Balaban J connectivity index is 1.76. The van der Waals surface area contributed by atoms with E-state index in [-0.39, 0.29) is 21.4 Å². The Morgan fingerprint density at radius 2 is 1.89 bits per heavy atom. The Bertz CT molecular complexity index is 1030. The van der Waals surface area contributed by atoms with Crippen molar-refractivity contribution in [1.82, 2.24) is 5.32 Å². The van der Waals surface area contributed by atoms with Gasteiger partial charge in [0.2, 0.25) is 0 Å². The SMILES string of the molecule is COc1cccc(CNC(=O)c2ccccc2NS(=O)(=O)c2cccs2)c1. The molecule has 1 aromatic heterocycles. The van der Waals surface area contributed by atoms with Crippen molar-refractivity contribution in [3.05, 3.63) is 77.2 Å². The van der Waals surface area contributed by atoms with Gasteiger partial charge in [0, 0.05) is 6.54 Å². The molecule has 0 spiro atoms. The molecule has 1 heterocycles. The number of hydrogen-bond donors (Lipinski definition) is 2. The lowest BCUT2D eigenvalue weighted by molar-refractivity contribution is 0.0951. The Kier molecular flexibility index (Phi) is 5.78. The fourth-order valence-corrected chi connectivity index (χ4v) is 4.51. The zero-order valence-electron chi connectivity index (χ0n) is 14.5. The third kappa shape index (κ3) is 4.66. The van der Waals surface area contributed by atoms with E-state index in [0.29, 0.717) is 12.3 Å². The molecule has 0 saturated heterocycles. The van der Waals surface area contributed by atoms with Crippen LogP contribution in [0.15, 0.2) is 70.3 Å². The zero-order valence-corrected chi connectivity index (χ0v) is 16.1. The molecule has 2 aromatic carbocycles. The molecule has 0 aliphatic rings. The van der Waals surface area contributed by atoms with Crippen molar-refractivity contribution in [2.24, 2.45) is 0 Å². The van der Waals surface area contributed by atoms with Gasteiger partial charge in [-0.15, -0.1) is 11.3 Å². The van der Waals surface area contributed by atoms with Gasteiger partial charge in [-0.1, -0.05) is 30.3 Å². The molecule has 0 bridgehead atoms. The zero-order chi connectivity index (χ0) is 19.3. The van der Waals surface area contributed by atoms with Gasteiger partial charge in [-0.05, 0) is 41.3 Å². The first-order chi connectivity index (χ1) is 13.0. The second kappa shape index (κ2) is 8.24. The molecule has 140 valence electrons. The third-order valence-corrected chi connectivity index (χ3v) is 6.53. The number of sulfonamides is 1. The fraction of sp³-hybridized carbons (Fsp3) is 0.105. The van der Waals surface area contributed by atoms with E-state index < -0.39 is 10.0 Å². The van der Waals surface area contributed by atoms with Crippen LogP contribution in [0.25, 0.3) is 0 Å². The normalized spacial score (nSPS) is 11.0. The van der Waals surface area contributed by atoms with E-state index in [0.717, 1.165) is 16.9 Å². The summed E-state index contributed by atoms with van der Waals surface area (Å²) in [6, 6.07) is 17.0. The van der Waals surface area contributed by atoms with Gasteiger partial charge in [0.1, 0.15) is 9.96 Å². The number of benzene rings is 2. The molecule has 2 N–H and O–H groups in total. The summed E-state index contributed by atoms with van der Waals surface area (Å²) in [4.78, 5) is 12.6. The highest BCUT2D eigenvalue weighted by atomic mass is 32.2. The number of para-hydroxylation sites is 1. The number of amides is 1. The molecule has 3 aromatic rings. The first kappa shape index (κ1) is 18.9. The summed E-state index contributed by atoms with van der Waals surface area (Å²) in [5, 5.41) is 4.48. The first-order valence-corrected chi connectivity index (χ1v) is 10.4. The summed E-state index contributed by atoms with van der Waals surface area (Å²) in [6.45, 7) is 0.294. The van der Waals surface area contributed by atoms with Gasteiger partial charge >= 0.3 is 0 Å². The van der Waals surface area contributed by atoms with Crippen molar-refractivity contribution < 1.29 is 17.9 Å². The second-order valence-electron chi connectivity index (χ2n) is 5.62. The standard InChI is InChI=1S/C19H18N2O4S2/c1-25-15-7-4-6-14(12-15)13-20-19(22)16-8-2-3-9-17(16)21-27(23,24)18-10-5-11-26-18/h2-12,21H,13H2,1H3,(H,20,22). The number of ether oxygens (including phenoxy) is 1. The number of nitrogens with one attached hydrogen (secondary N) is 2. The van der Waals surface area contributed by atoms with Crippen LogP contribution in [0, 0.1) is 0 Å². The third-order valence-electron chi connectivity index (χ3n) is 3.76. The molecular weight excluding hydrogens is 384 g/mol. The molecule has 0 atom stereocenters. The fourth-order valence-electron chi connectivity index (χ4n) is 2.44. The monoisotopic (exact) mass is 402 g/mol. The lowest BCUT2D eigenvalue weighted by atomic mass is 10.1. The molecule has 0 fully saturated rings. The number of anilines is 1. The lowest BCUT2D eigenvalue weighted by Crippen LogP contribution is -2.24. The van der Waals surface area contributed by atoms with Crippen LogP contribution in [0.1, 0.15) is 15.9 Å². The number of carbonyl (C=O) groups is 1. The van der Waals surface area contributed by atoms with Crippen molar-refractivity contribution in [2.75, 3.05) is 11.8 Å². The van der Waals surface area contributed by atoms with E-state index in [1.54, 1.807) is 42.8 Å². The van der Waals surface area contributed by atoms with Gasteiger partial charge in [-0.3, -0.25) is 9.52 Å². The van der Waals surface area contributed by atoms with E-state index in [4.69, 9.17) is 4.74 Å². The highest BCUT2D eigenvalue weighted by Gasteiger charge is 2.19. The van der Waals surface area contributed by atoms with Crippen LogP contribution in [-0.4, -0.2) is 21.4 Å². The smallest absolute Gasteiger partial charge is 0.271 e. The number of rotatable bonds is 7. The van der Waals surface area contributed by atoms with Crippen LogP contribution in [0.5, 0.6) is 5.75 Å². The van der Waals surface area contributed by atoms with Gasteiger partial charge in [0.05, 0.1) is 18.4 Å². The van der Waals surface area contributed by atoms with Gasteiger partial charge in [0.15, 0.2) is 0 Å². The molecule has 0 aliphatic carbocycles. The molecule has 3 rings (SSSR count). The molecule has 1 amide bonds. The van der Waals surface area contributed by atoms with Crippen LogP contribution in [0.2, 0.25) is 0 Å². The highest BCUT2D eigenvalue weighted by molar-refractivity contribution is 7.94. The van der Waals surface area contributed by atoms with Crippen LogP contribution < -0.4 is 14.8 Å². The summed E-state index contributed by atoms with van der Waals surface area (Å²) < 4.78 is 32.7. The molecule has 6 nitrogen and oxygen atoms in total.